The summed E-state index contributed by atoms with van der Waals surface area (Å²) in [7, 11) is -2.46. The van der Waals surface area contributed by atoms with E-state index in [2.05, 4.69) is 14.7 Å². The lowest BCUT2D eigenvalue weighted by atomic mass is 10.3. The molecule has 96 valence electrons. The third-order valence-corrected chi connectivity index (χ3v) is 3.47. The van der Waals surface area contributed by atoms with Gasteiger partial charge in [-0.1, -0.05) is 0 Å². The highest BCUT2D eigenvalue weighted by Crippen LogP contribution is 2.22. The largest absolute Gasteiger partial charge is 0.494 e. The lowest BCUT2D eigenvalue weighted by Gasteiger charge is -2.07. The molecular weight excluding hydrogens is 261 g/mol. The van der Waals surface area contributed by atoms with Crippen molar-refractivity contribution in [1.29, 1.82) is 0 Å². The summed E-state index contributed by atoms with van der Waals surface area (Å²) in [5.74, 6) is -0.609. The van der Waals surface area contributed by atoms with Crippen molar-refractivity contribution in [3.63, 3.8) is 0 Å². The Morgan fingerprint density at radius 2 is 2.22 bits per heavy atom. The minimum atomic E-state index is -3.78. The molecule has 0 spiro atoms. The summed E-state index contributed by atoms with van der Waals surface area (Å²) in [5, 5.41) is -0.0984. The van der Waals surface area contributed by atoms with Crippen molar-refractivity contribution in [2.45, 2.75) is 5.03 Å². The third-order valence-electron chi connectivity index (χ3n) is 2.17. The van der Waals surface area contributed by atoms with Crippen LogP contribution in [-0.4, -0.2) is 25.5 Å². The zero-order chi connectivity index (χ0) is 13.2. The van der Waals surface area contributed by atoms with Gasteiger partial charge in [-0.05, 0) is 12.1 Å². The number of halogens is 1. The first-order chi connectivity index (χ1) is 8.53. The van der Waals surface area contributed by atoms with Crippen LogP contribution in [-0.2, 0) is 10.0 Å². The van der Waals surface area contributed by atoms with Crippen LogP contribution in [0.2, 0.25) is 0 Å². The summed E-state index contributed by atoms with van der Waals surface area (Å²) in [6, 6.07) is 3.77. The molecule has 0 saturated heterocycles. The molecule has 0 fully saturated rings. The number of nitrogens with one attached hydrogen (secondary N) is 2. The highest BCUT2D eigenvalue weighted by Gasteiger charge is 2.16. The minimum absolute atomic E-state index is 0.0412. The summed E-state index contributed by atoms with van der Waals surface area (Å²) in [4.78, 5) is 6.06. The van der Waals surface area contributed by atoms with Gasteiger partial charge in [0.1, 0.15) is 0 Å². The number of rotatable bonds is 4. The van der Waals surface area contributed by atoms with Crippen molar-refractivity contribution < 1.29 is 17.5 Å². The van der Waals surface area contributed by atoms with E-state index in [4.69, 9.17) is 4.74 Å². The molecule has 8 heteroatoms. The van der Waals surface area contributed by atoms with Gasteiger partial charge in [0, 0.05) is 6.07 Å². The van der Waals surface area contributed by atoms with Gasteiger partial charge in [0.25, 0.3) is 10.0 Å². The Morgan fingerprint density at radius 1 is 1.44 bits per heavy atom. The molecule has 0 radical (unpaired) electrons. The summed E-state index contributed by atoms with van der Waals surface area (Å²) in [6.07, 6.45) is 2.39. The quantitative estimate of drug-likeness (QED) is 0.879. The Morgan fingerprint density at radius 3 is 2.78 bits per heavy atom. The monoisotopic (exact) mass is 271 g/mol. The molecule has 0 bridgehead atoms. The van der Waals surface area contributed by atoms with Gasteiger partial charge in [-0.3, -0.25) is 4.72 Å². The van der Waals surface area contributed by atoms with E-state index in [-0.39, 0.29) is 16.5 Å². The van der Waals surface area contributed by atoms with E-state index in [1.807, 2.05) is 0 Å². The van der Waals surface area contributed by atoms with Crippen LogP contribution in [0.25, 0.3) is 0 Å². The molecule has 0 saturated carbocycles. The number of anilines is 1. The number of hydrogen-bond acceptors (Lipinski definition) is 4. The molecule has 6 nitrogen and oxygen atoms in total. The second-order valence-electron chi connectivity index (χ2n) is 3.37. The number of nitrogens with zero attached hydrogens (tertiary/aromatic N) is 1. The van der Waals surface area contributed by atoms with E-state index >= 15 is 0 Å². The van der Waals surface area contributed by atoms with Crippen LogP contribution in [0.3, 0.4) is 0 Å². The SMILES string of the molecule is COc1ccc(NS(=O)(=O)c2cnc[nH]2)cc1F. The number of H-pyrrole nitrogens is 1. The second kappa shape index (κ2) is 4.65. The van der Waals surface area contributed by atoms with Gasteiger partial charge in [0.15, 0.2) is 16.6 Å². The molecule has 0 atom stereocenters. The van der Waals surface area contributed by atoms with Crippen LogP contribution >= 0.6 is 0 Å². The summed E-state index contributed by atoms with van der Waals surface area (Å²) in [5.41, 5.74) is 0.0999. The van der Waals surface area contributed by atoms with E-state index in [0.29, 0.717) is 0 Å². The molecule has 1 aromatic carbocycles. The molecule has 2 N–H and O–H groups in total. The Balaban J connectivity index is 2.27. The first kappa shape index (κ1) is 12.4. The van der Waals surface area contributed by atoms with Crippen LogP contribution < -0.4 is 9.46 Å². The summed E-state index contributed by atoms with van der Waals surface area (Å²) >= 11 is 0. The molecular formula is C10H10FN3O3S. The van der Waals surface area contributed by atoms with Gasteiger partial charge in [-0.25, -0.2) is 9.37 Å². The summed E-state index contributed by atoms with van der Waals surface area (Å²) < 4.78 is 43.9. The molecule has 18 heavy (non-hydrogen) atoms. The van der Waals surface area contributed by atoms with Gasteiger partial charge in [0.2, 0.25) is 0 Å². The van der Waals surface area contributed by atoms with Crippen LogP contribution in [0.15, 0.2) is 35.7 Å². The van der Waals surface area contributed by atoms with Crippen LogP contribution in [0.1, 0.15) is 0 Å². The van der Waals surface area contributed by atoms with Crippen LogP contribution in [0, 0.1) is 5.82 Å². The van der Waals surface area contributed by atoms with E-state index in [1.54, 1.807) is 0 Å². The Bertz CT molecular complexity index is 640. The topological polar surface area (TPSA) is 84.1 Å². The second-order valence-corrected chi connectivity index (χ2v) is 5.02. The molecule has 2 aromatic rings. The van der Waals surface area contributed by atoms with Crippen molar-refractivity contribution in [3.8, 4) is 5.75 Å². The van der Waals surface area contributed by atoms with Crippen LogP contribution in [0.5, 0.6) is 5.75 Å². The average Bonchev–Trinajstić information content (AvgIpc) is 2.82. The van der Waals surface area contributed by atoms with E-state index in [0.717, 1.165) is 12.3 Å². The standard InChI is InChI=1S/C10H10FN3O3S/c1-17-9-3-2-7(4-8(9)11)14-18(15,16)10-5-12-6-13-10/h2-6,14H,1H3,(H,12,13). The number of hydrogen-bond donors (Lipinski definition) is 2. The molecule has 2 rings (SSSR count). The zero-order valence-corrected chi connectivity index (χ0v) is 10.2. The van der Waals surface area contributed by atoms with Gasteiger partial charge in [0.05, 0.1) is 25.3 Å². The summed E-state index contributed by atoms with van der Waals surface area (Å²) in [6.45, 7) is 0. The van der Waals surface area contributed by atoms with Crippen molar-refractivity contribution in [2.75, 3.05) is 11.8 Å². The molecule has 1 aromatic heterocycles. The molecule has 0 aliphatic carbocycles. The highest BCUT2D eigenvalue weighted by atomic mass is 32.2. The first-order valence-electron chi connectivity index (χ1n) is 4.87. The number of aromatic nitrogens is 2. The smallest absolute Gasteiger partial charge is 0.278 e. The number of aromatic amines is 1. The number of sulfonamides is 1. The molecule has 0 amide bonds. The molecule has 0 aliphatic heterocycles. The highest BCUT2D eigenvalue weighted by molar-refractivity contribution is 7.92. The average molecular weight is 271 g/mol. The minimum Gasteiger partial charge on any atom is -0.494 e. The lowest BCUT2D eigenvalue weighted by Crippen LogP contribution is -2.13. The maximum absolute atomic E-state index is 13.4. The van der Waals surface area contributed by atoms with E-state index in [1.165, 1.54) is 25.6 Å². The predicted molar refractivity (Wildman–Crippen MR) is 62.3 cm³/mol. The Kier molecular flexibility index (Phi) is 3.19. The first-order valence-corrected chi connectivity index (χ1v) is 6.36. The van der Waals surface area contributed by atoms with Crippen molar-refractivity contribution in [3.05, 3.63) is 36.5 Å². The van der Waals surface area contributed by atoms with Crippen molar-refractivity contribution in [1.82, 2.24) is 9.97 Å². The number of imidazole rings is 1. The predicted octanol–water partition coefficient (Wildman–Crippen LogP) is 1.36. The van der Waals surface area contributed by atoms with Crippen molar-refractivity contribution >= 4 is 15.7 Å². The number of ether oxygens (including phenoxy) is 1. The van der Waals surface area contributed by atoms with Gasteiger partial charge < -0.3 is 9.72 Å². The third kappa shape index (κ3) is 2.43. The maximum Gasteiger partial charge on any atom is 0.278 e. The van der Waals surface area contributed by atoms with Gasteiger partial charge in [-0.15, -0.1) is 0 Å². The Labute approximate surface area is 103 Å². The molecule has 0 unspecified atom stereocenters. The molecule has 1 heterocycles. The van der Waals surface area contributed by atoms with Gasteiger partial charge in [-0.2, -0.15) is 8.42 Å². The van der Waals surface area contributed by atoms with E-state index in [9.17, 15) is 12.8 Å². The normalized spacial score (nSPS) is 11.2. The molecule has 0 aliphatic rings. The fourth-order valence-corrected chi connectivity index (χ4v) is 2.28. The maximum atomic E-state index is 13.4. The van der Waals surface area contributed by atoms with E-state index < -0.39 is 15.8 Å². The zero-order valence-electron chi connectivity index (χ0n) is 9.34. The van der Waals surface area contributed by atoms with Crippen molar-refractivity contribution in [2.24, 2.45) is 0 Å². The number of methoxy groups -OCH3 is 1. The van der Waals surface area contributed by atoms with Gasteiger partial charge >= 0.3 is 0 Å². The Hall–Kier alpha value is -2.09. The van der Waals surface area contributed by atoms with Crippen LogP contribution in [0.4, 0.5) is 10.1 Å². The fraction of sp³-hybridized carbons (Fsp3) is 0.100. The number of benzene rings is 1. The fourth-order valence-electron chi connectivity index (χ4n) is 1.33. The lowest BCUT2D eigenvalue weighted by molar-refractivity contribution is 0.386.